The van der Waals surface area contributed by atoms with E-state index < -0.39 is 0 Å². The Balaban J connectivity index is 1.84. The summed E-state index contributed by atoms with van der Waals surface area (Å²) in [6.45, 7) is 0.987. The molecular weight excluding hydrogens is 260 g/mol. The Morgan fingerprint density at radius 2 is 2.41 bits per heavy atom. The molecule has 1 saturated heterocycles. The maximum Gasteiger partial charge on any atom is 0.225 e. The first-order chi connectivity index (χ1) is 8.06. The zero-order chi connectivity index (χ0) is 12.4. The van der Waals surface area contributed by atoms with Gasteiger partial charge in [0.15, 0.2) is 0 Å². The van der Waals surface area contributed by atoms with Gasteiger partial charge < -0.3 is 10.2 Å². The van der Waals surface area contributed by atoms with E-state index in [0.29, 0.717) is 23.8 Å². The van der Waals surface area contributed by atoms with Crippen molar-refractivity contribution in [2.75, 3.05) is 13.6 Å². The summed E-state index contributed by atoms with van der Waals surface area (Å²) in [4.78, 5) is 25.7. The SMILES string of the molecule is CN1C[C@H](C(=O)NCc2ccc(Cl)s2)CC1=O. The minimum atomic E-state index is -0.220. The second kappa shape index (κ2) is 5.06. The van der Waals surface area contributed by atoms with Gasteiger partial charge in [0.2, 0.25) is 11.8 Å². The molecule has 0 spiro atoms. The number of amides is 2. The van der Waals surface area contributed by atoms with Gasteiger partial charge in [0.05, 0.1) is 16.8 Å². The molecule has 1 aliphatic heterocycles. The van der Waals surface area contributed by atoms with Crippen LogP contribution in [0.5, 0.6) is 0 Å². The molecule has 0 aliphatic carbocycles. The smallest absolute Gasteiger partial charge is 0.225 e. The molecule has 2 heterocycles. The molecule has 2 amide bonds. The summed E-state index contributed by atoms with van der Waals surface area (Å²) in [6.07, 6.45) is 0.313. The van der Waals surface area contributed by atoms with Crippen LogP contribution in [-0.2, 0) is 16.1 Å². The van der Waals surface area contributed by atoms with Gasteiger partial charge >= 0.3 is 0 Å². The highest BCUT2D eigenvalue weighted by atomic mass is 35.5. The zero-order valence-corrected chi connectivity index (χ0v) is 11.0. The minimum absolute atomic E-state index is 0.0318. The van der Waals surface area contributed by atoms with Crippen LogP contribution in [0.2, 0.25) is 4.34 Å². The Hall–Kier alpha value is -1.07. The molecule has 1 aliphatic rings. The molecule has 0 unspecified atom stereocenters. The van der Waals surface area contributed by atoms with Crippen molar-refractivity contribution in [2.24, 2.45) is 5.92 Å². The molecule has 17 heavy (non-hydrogen) atoms. The number of carbonyl (C=O) groups excluding carboxylic acids is 2. The molecule has 1 aromatic rings. The Bertz CT molecular complexity index is 446. The van der Waals surface area contributed by atoms with Crippen molar-refractivity contribution >= 4 is 34.8 Å². The lowest BCUT2D eigenvalue weighted by Crippen LogP contribution is -2.31. The third kappa shape index (κ3) is 2.98. The number of carbonyl (C=O) groups is 2. The molecule has 6 heteroatoms. The third-order valence-corrected chi connectivity index (χ3v) is 4.01. The maximum absolute atomic E-state index is 11.8. The van der Waals surface area contributed by atoms with Crippen LogP contribution >= 0.6 is 22.9 Å². The van der Waals surface area contributed by atoms with Gasteiger partial charge in [-0.05, 0) is 12.1 Å². The van der Waals surface area contributed by atoms with E-state index in [4.69, 9.17) is 11.6 Å². The number of hydrogen-bond donors (Lipinski definition) is 1. The van der Waals surface area contributed by atoms with Crippen molar-refractivity contribution < 1.29 is 9.59 Å². The van der Waals surface area contributed by atoms with Crippen molar-refractivity contribution in [1.82, 2.24) is 10.2 Å². The van der Waals surface area contributed by atoms with Crippen LogP contribution in [0.25, 0.3) is 0 Å². The first kappa shape index (κ1) is 12.4. The van der Waals surface area contributed by atoms with Crippen LogP contribution in [0.15, 0.2) is 12.1 Å². The molecule has 1 N–H and O–H groups in total. The number of rotatable bonds is 3. The molecule has 92 valence electrons. The highest BCUT2D eigenvalue weighted by Crippen LogP contribution is 2.21. The summed E-state index contributed by atoms with van der Waals surface area (Å²) in [5.41, 5.74) is 0. The summed E-state index contributed by atoms with van der Waals surface area (Å²) < 4.78 is 0.713. The summed E-state index contributed by atoms with van der Waals surface area (Å²) in [6, 6.07) is 3.69. The molecule has 0 radical (unpaired) electrons. The number of likely N-dealkylation sites (tertiary alicyclic amines) is 1. The lowest BCUT2D eigenvalue weighted by molar-refractivity contribution is -0.128. The molecule has 1 aromatic heterocycles. The second-order valence-corrected chi connectivity index (χ2v) is 5.90. The summed E-state index contributed by atoms with van der Waals surface area (Å²) in [5, 5.41) is 2.83. The average Bonchev–Trinajstić information content (AvgIpc) is 2.83. The fourth-order valence-corrected chi connectivity index (χ4v) is 2.83. The normalized spacial score (nSPS) is 19.8. The average molecular weight is 273 g/mol. The summed E-state index contributed by atoms with van der Waals surface area (Å²) >= 11 is 7.24. The van der Waals surface area contributed by atoms with Gasteiger partial charge in [0, 0.05) is 24.9 Å². The summed E-state index contributed by atoms with van der Waals surface area (Å²) in [5.74, 6) is -0.250. The topological polar surface area (TPSA) is 49.4 Å². The number of hydrogen-bond acceptors (Lipinski definition) is 3. The largest absolute Gasteiger partial charge is 0.351 e. The molecule has 2 rings (SSSR count). The zero-order valence-electron chi connectivity index (χ0n) is 9.40. The fourth-order valence-electron chi connectivity index (χ4n) is 1.80. The van der Waals surface area contributed by atoms with Gasteiger partial charge in [-0.3, -0.25) is 9.59 Å². The minimum Gasteiger partial charge on any atom is -0.351 e. The van der Waals surface area contributed by atoms with E-state index in [9.17, 15) is 9.59 Å². The quantitative estimate of drug-likeness (QED) is 0.906. The highest BCUT2D eigenvalue weighted by Gasteiger charge is 2.31. The lowest BCUT2D eigenvalue weighted by Gasteiger charge is -2.10. The first-order valence-electron chi connectivity index (χ1n) is 5.32. The second-order valence-electron chi connectivity index (χ2n) is 4.10. The predicted octanol–water partition coefficient (Wildman–Crippen LogP) is 1.50. The molecule has 1 atom stereocenters. The van der Waals surface area contributed by atoms with Crippen LogP contribution in [0.1, 0.15) is 11.3 Å². The molecule has 0 saturated carbocycles. The lowest BCUT2D eigenvalue weighted by atomic mass is 10.1. The van der Waals surface area contributed by atoms with Crippen molar-refractivity contribution in [3.63, 3.8) is 0 Å². The number of nitrogens with one attached hydrogen (secondary N) is 1. The van der Waals surface area contributed by atoms with Crippen molar-refractivity contribution in [3.8, 4) is 0 Å². The van der Waals surface area contributed by atoms with Crippen LogP contribution in [0, 0.1) is 5.92 Å². The van der Waals surface area contributed by atoms with E-state index in [-0.39, 0.29) is 17.7 Å². The fraction of sp³-hybridized carbons (Fsp3) is 0.455. The van der Waals surface area contributed by atoms with E-state index in [1.54, 1.807) is 18.0 Å². The number of halogens is 1. The van der Waals surface area contributed by atoms with Gasteiger partial charge in [-0.15, -0.1) is 11.3 Å². The Labute approximate surface area is 109 Å². The predicted molar refractivity (Wildman–Crippen MR) is 66.9 cm³/mol. The maximum atomic E-state index is 11.8. The Morgan fingerprint density at radius 1 is 1.65 bits per heavy atom. The monoisotopic (exact) mass is 272 g/mol. The standard InChI is InChI=1S/C11H13ClN2O2S/c1-14-6-7(4-10(14)15)11(16)13-5-8-2-3-9(12)17-8/h2-3,7H,4-6H2,1H3,(H,13,16)/t7-/m1/s1. The molecular formula is C11H13ClN2O2S. The molecule has 0 bridgehead atoms. The van der Waals surface area contributed by atoms with Gasteiger partial charge in [0.1, 0.15) is 0 Å². The Kier molecular flexibility index (Phi) is 3.69. The van der Waals surface area contributed by atoms with E-state index in [1.807, 2.05) is 6.07 Å². The van der Waals surface area contributed by atoms with Crippen LogP contribution < -0.4 is 5.32 Å². The molecule has 0 aromatic carbocycles. The molecule has 1 fully saturated rings. The van der Waals surface area contributed by atoms with Crippen LogP contribution in [0.4, 0.5) is 0 Å². The Morgan fingerprint density at radius 3 is 2.94 bits per heavy atom. The van der Waals surface area contributed by atoms with Gasteiger partial charge in [-0.2, -0.15) is 0 Å². The van der Waals surface area contributed by atoms with Gasteiger partial charge in [-0.1, -0.05) is 11.6 Å². The highest BCUT2D eigenvalue weighted by molar-refractivity contribution is 7.16. The third-order valence-electron chi connectivity index (χ3n) is 2.78. The van der Waals surface area contributed by atoms with Crippen molar-refractivity contribution in [1.29, 1.82) is 0 Å². The van der Waals surface area contributed by atoms with E-state index in [2.05, 4.69) is 5.32 Å². The van der Waals surface area contributed by atoms with Crippen molar-refractivity contribution in [2.45, 2.75) is 13.0 Å². The number of nitrogens with zero attached hydrogens (tertiary/aromatic N) is 1. The van der Waals surface area contributed by atoms with E-state index >= 15 is 0 Å². The van der Waals surface area contributed by atoms with Crippen molar-refractivity contribution in [3.05, 3.63) is 21.3 Å². The van der Waals surface area contributed by atoms with E-state index in [1.165, 1.54) is 11.3 Å². The van der Waals surface area contributed by atoms with Gasteiger partial charge in [-0.25, -0.2) is 0 Å². The van der Waals surface area contributed by atoms with Crippen LogP contribution in [-0.4, -0.2) is 30.3 Å². The van der Waals surface area contributed by atoms with Gasteiger partial charge in [0.25, 0.3) is 0 Å². The first-order valence-corrected chi connectivity index (χ1v) is 6.51. The molecule has 4 nitrogen and oxygen atoms in total. The number of thiophene rings is 1. The van der Waals surface area contributed by atoms with Crippen LogP contribution in [0.3, 0.4) is 0 Å². The summed E-state index contributed by atoms with van der Waals surface area (Å²) in [7, 11) is 1.72. The van der Waals surface area contributed by atoms with E-state index in [0.717, 1.165) is 4.88 Å².